The predicted molar refractivity (Wildman–Crippen MR) is 114 cm³/mol. The first kappa shape index (κ1) is 18.5. The van der Waals surface area contributed by atoms with Crippen LogP contribution in [0.1, 0.15) is 50.3 Å². The number of fused-ring (bicyclic) bond motifs is 4. The monoisotopic (exact) mass is 392 g/mol. The first-order chi connectivity index (χ1) is 14.1. The van der Waals surface area contributed by atoms with Crippen molar-refractivity contribution in [1.29, 1.82) is 0 Å². The Labute approximate surface area is 172 Å². The summed E-state index contributed by atoms with van der Waals surface area (Å²) in [5.41, 5.74) is 3.23. The number of methoxy groups -OCH3 is 1. The molecule has 1 saturated heterocycles. The Morgan fingerprint density at radius 1 is 1.10 bits per heavy atom. The minimum absolute atomic E-state index is 0.248. The molecule has 5 rings (SSSR count). The van der Waals surface area contributed by atoms with E-state index in [-0.39, 0.29) is 11.8 Å². The molecule has 3 aliphatic heterocycles. The predicted octanol–water partition coefficient (Wildman–Crippen LogP) is 3.02. The van der Waals surface area contributed by atoms with Gasteiger partial charge in [0, 0.05) is 12.0 Å². The maximum Gasteiger partial charge on any atom is 0.208 e. The van der Waals surface area contributed by atoms with Gasteiger partial charge in [-0.1, -0.05) is 18.2 Å². The van der Waals surface area contributed by atoms with E-state index in [4.69, 9.17) is 14.6 Å². The highest BCUT2D eigenvalue weighted by Crippen LogP contribution is 2.49. The van der Waals surface area contributed by atoms with Gasteiger partial charge in [0.05, 0.1) is 50.8 Å². The number of nitrogens with one attached hydrogen (secondary N) is 1. The lowest BCUT2D eigenvalue weighted by atomic mass is 9.90. The molecule has 0 radical (unpaired) electrons. The molecule has 0 bridgehead atoms. The van der Waals surface area contributed by atoms with Crippen LogP contribution in [-0.4, -0.2) is 42.7 Å². The van der Waals surface area contributed by atoms with Crippen LogP contribution in [-0.2, 0) is 0 Å². The highest BCUT2D eigenvalue weighted by atomic mass is 16.5. The van der Waals surface area contributed by atoms with Gasteiger partial charge in [-0.25, -0.2) is 5.01 Å². The topological polar surface area (TPSA) is 38.5 Å². The van der Waals surface area contributed by atoms with E-state index in [9.17, 15) is 0 Å². The van der Waals surface area contributed by atoms with Gasteiger partial charge in [0.2, 0.25) is 5.72 Å². The fourth-order valence-corrected chi connectivity index (χ4v) is 5.06. The Balaban J connectivity index is 1.51. The molecule has 1 N–H and O–H groups in total. The van der Waals surface area contributed by atoms with E-state index in [1.165, 1.54) is 5.56 Å². The average Bonchev–Trinajstić information content (AvgIpc) is 3.21. The molecular weight excluding hydrogens is 362 g/mol. The highest BCUT2D eigenvalue weighted by Gasteiger charge is 2.53. The zero-order chi connectivity index (χ0) is 20.0. The quantitative estimate of drug-likeness (QED) is 0.873. The molecule has 3 heterocycles. The third kappa shape index (κ3) is 3.08. The number of hydrazone groups is 1. The van der Waals surface area contributed by atoms with Gasteiger partial charge in [0.25, 0.3) is 0 Å². The maximum absolute atomic E-state index is 6.71. The Morgan fingerprint density at radius 3 is 2.52 bits per heavy atom. The molecule has 1 atom stereocenters. The second-order valence-corrected chi connectivity index (χ2v) is 8.74. The normalized spacial score (nSPS) is 28.0. The number of piperidine rings is 1. The van der Waals surface area contributed by atoms with Crippen molar-refractivity contribution in [2.75, 3.05) is 20.2 Å². The number of ether oxygens (including phenoxy) is 2. The van der Waals surface area contributed by atoms with Crippen molar-refractivity contribution in [2.24, 2.45) is 5.10 Å². The summed E-state index contributed by atoms with van der Waals surface area (Å²) < 4.78 is 12.0. The molecular formula is C24H30N3O2+. The number of likely N-dealkylation sites (tertiary alicyclic amines) is 1. The Kier molecular flexibility index (Phi) is 4.50. The number of hydrogen-bond acceptors (Lipinski definition) is 4. The van der Waals surface area contributed by atoms with E-state index in [2.05, 4.69) is 55.3 Å². The van der Waals surface area contributed by atoms with E-state index < -0.39 is 0 Å². The summed E-state index contributed by atoms with van der Waals surface area (Å²) in [6.45, 7) is 6.86. The summed E-state index contributed by atoms with van der Waals surface area (Å²) in [6, 6.07) is 17.7. The smallest absolute Gasteiger partial charge is 0.208 e. The van der Waals surface area contributed by atoms with Gasteiger partial charge in [-0.2, -0.15) is 5.10 Å². The van der Waals surface area contributed by atoms with Gasteiger partial charge < -0.3 is 14.4 Å². The number of nitrogens with zero attached hydrogens (tertiary/aromatic N) is 2. The molecule has 29 heavy (non-hydrogen) atoms. The van der Waals surface area contributed by atoms with E-state index in [1.54, 1.807) is 12.0 Å². The Bertz CT molecular complexity index is 914. The second-order valence-electron chi connectivity index (χ2n) is 8.74. The van der Waals surface area contributed by atoms with Gasteiger partial charge in [-0.05, 0) is 49.7 Å². The van der Waals surface area contributed by atoms with Crippen LogP contribution in [0.3, 0.4) is 0 Å². The van der Waals surface area contributed by atoms with Gasteiger partial charge in [0.15, 0.2) is 0 Å². The zero-order valence-electron chi connectivity index (χ0n) is 17.5. The molecule has 2 aromatic carbocycles. The van der Waals surface area contributed by atoms with Crippen molar-refractivity contribution in [3.8, 4) is 11.5 Å². The molecule has 152 valence electrons. The fourth-order valence-electron chi connectivity index (χ4n) is 5.06. The first-order valence-corrected chi connectivity index (χ1v) is 10.7. The van der Waals surface area contributed by atoms with Crippen LogP contribution in [0.2, 0.25) is 0 Å². The lowest BCUT2D eigenvalue weighted by Gasteiger charge is -2.50. The molecule has 5 heteroatoms. The molecule has 0 unspecified atom stereocenters. The van der Waals surface area contributed by atoms with Crippen LogP contribution >= 0.6 is 0 Å². The minimum atomic E-state index is -0.328. The van der Waals surface area contributed by atoms with Crippen molar-refractivity contribution in [3.05, 3.63) is 59.7 Å². The maximum atomic E-state index is 6.71. The van der Waals surface area contributed by atoms with Crippen molar-refractivity contribution in [1.82, 2.24) is 5.01 Å². The van der Waals surface area contributed by atoms with E-state index >= 15 is 0 Å². The summed E-state index contributed by atoms with van der Waals surface area (Å²) in [7, 11) is 1.70. The fraction of sp³-hybridized carbons (Fsp3) is 0.458. The third-order valence-corrected chi connectivity index (χ3v) is 6.82. The van der Waals surface area contributed by atoms with Crippen LogP contribution in [0.5, 0.6) is 11.5 Å². The van der Waals surface area contributed by atoms with Crippen molar-refractivity contribution >= 4 is 5.71 Å². The molecule has 1 fully saturated rings. The summed E-state index contributed by atoms with van der Waals surface area (Å²) in [4.78, 5) is 1.66. The number of rotatable bonds is 3. The number of hydrogen-bond donors (Lipinski definition) is 1. The minimum Gasteiger partial charge on any atom is -0.497 e. The second kappa shape index (κ2) is 7.06. The molecule has 0 aromatic heterocycles. The molecule has 2 aromatic rings. The van der Waals surface area contributed by atoms with Gasteiger partial charge >= 0.3 is 0 Å². The van der Waals surface area contributed by atoms with E-state index in [1.807, 2.05) is 12.1 Å². The lowest BCUT2D eigenvalue weighted by molar-refractivity contribution is -0.929. The summed E-state index contributed by atoms with van der Waals surface area (Å²) in [5, 5.41) is 7.45. The summed E-state index contributed by atoms with van der Waals surface area (Å²) in [5.74, 6) is 1.91. The first-order valence-electron chi connectivity index (χ1n) is 10.7. The molecule has 1 spiro atoms. The van der Waals surface area contributed by atoms with Crippen molar-refractivity contribution in [3.63, 3.8) is 0 Å². The van der Waals surface area contributed by atoms with Crippen LogP contribution in [0.4, 0.5) is 0 Å². The molecule has 0 aliphatic carbocycles. The van der Waals surface area contributed by atoms with E-state index in [0.717, 1.165) is 55.1 Å². The molecule has 0 saturated carbocycles. The Morgan fingerprint density at radius 2 is 1.83 bits per heavy atom. The van der Waals surface area contributed by atoms with Crippen molar-refractivity contribution < 1.29 is 14.4 Å². The molecule has 0 amide bonds. The summed E-state index contributed by atoms with van der Waals surface area (Å²) >= 11 is 0. The summed E-state index contributed by atoms with van der Waals surface area (Å²) in [6.07, 6.45) is 2.92. The zero-order valence-corrected chi connectivity index (χ0v) is 17.5. The standard InChI is InChI=1S/C24H29N3O2/c1-17(2)26-14-12-24(13-15-26)27-22(20-6-4-5-7-23(20)29-24)16-21(25-27)18-8-10-19(28-3)11-9-18/h4-11,17,22H,12-16H2,1-3H3/p+1/t22-/m0/s1. The van der Waals surface area contributed by atoms with Crippen LogP contribution < -0.4 is 14.4 Å². The van der Waals surface area contributed by atoms with Crippen LogP contribution in [0.25, 0.3) is 0 Å². The average molecular weight is 393 g/mol. The number of benzene rings is 2. The van der Waals surface area contributed by atoms with Gasteiger partial charge in [-0.15, -0.1) is 0 Å². The number of quaternary nitrogens is 1. The SMILES string of the molecule is COc1ccc(C2=NN3[C@@H](C2)c2ccccc2OC32CC[NH+](C(C)C)CC2)cc1. The highest BCUT2D eigenvalue weighted by molar-refractivity contribution is 6.02. The van der Waals surface area contributed by atoms with Gasteiger partial charge in [0.1, 0.15) is 11.5 Å². The molecule has 5 nitrogen and oxygen atoms in total. The third-order valence-electron chi connectivity index (χ3n) is 6.82. The lowest BCUT2D eigenvalue weighted by Crippen LogP contribution is -3.16. The van der Waals surface area contributed by atoms with E-state index in [0.29, 0.717) is 6.04 Å². The van der Waals surface area contributed by atoms with Crippen LogP contribution in [0.15, 0.2) is 53.6 Å². The van der Waals surface area contributed by atoms with Crippen LogP contribution in [0, 0.1) is 0 Å². The van der Waals surface area contributed by atoms with Crippen molar-refractivity contribution in [2.45, 2.75) is 50.9 Å². The number of para-hydroxylation sites is 1. The Hall–Kier alpha value is -2.53. The van der Waals surface area contributed by atoms with Gasteiger partial charge in [-0.3, -0.25) is 0 Å². The largest absolute Gasteiger partial charge is 0.497 e. The molecule has 3 aliphatic rings.